The maximum atomic E-state index is 12.2. The summed E-state index contributed by atoms with van der Waals surface area (Å²) in [6.45, 7) is 3.62. The summed E-state index contributed by atoms with van der Waals surface area (Å²) in [5, 5.41) is 0. The van der Waals surface area contributed by atoms with Crippen LogP contribution < -0.4 is 0 Å². The molecule has 0 aliphatic heterocycles. The Morgan fingerprint density at radius 3 is 2.50 bits per heavy atom. The third kappa shape index (κ3) is 1.59. The topological polar surface area (TPSA) is 26.3 Å². The Morgan fingerprint density at radius 2 is 2.17 bits per heavy atom. The van der Waals surface area contributed by atoms with Crippen molar-refractivity contribution in [3.63, 3.8) is 0 Å². The van der Waals surface area contributed by atoms with Crippen LogP contribution in [0.1, 0.15) is 13.8 Å². The maximum Gasteiger partial charge on any atom is 0.306 e. The molecule has 0 amide bonds. The third-order valence-electron chi connectivity index (χ3n) is 2.48. The van der Waals surface area contributed by atoms with Gasteiger partial charge in [0, 0.05) is 5.92 Å². The highest BCUT2D eigenvalue weighted by Gasteiger charge is 2.52. The Labute approximate surface area is 70.5 Å². The molecule has 0 N–H and O–H groups in total. The first-order chi connectivity index (χ1) is 5.59. The lowest BCUT2D eigenvalue weighted by atomic mass is 9.87. The highest BCUT2D eigenvalue weighted by molar-refractivity contribution is 6.47. The molecule has 1 fully saturated rings. The van der Waals surface area contributed by atoms with Crippen molar-refractivity contribution in [3.8, 4) is 0 Å². The molecule has 1 unspecified atom stereocenters. The van der Waals surface area contributed by atoms with Crippen LogP contribution in [-0.2, 0) is 9.53 Å². The summed E-state index contributed by atoms with van der Waals surface area (Å²) in [4.78, 5) is 11.0. The second-order valence-electron chi connectivity index (χ2n) is 3.21. The van der Waals surface area contributed by atoms with Crippen molar-refractivity contribution in [2.24, 2.45) is 11.8 Å². The number of carbonyl (C=O) groups excluding carboxylic acids is 1. The summed E-state index contributed by atoms with van der Waals surface area (Å²) < 4.78 is 29.1. The van der Waals surface area contributed by atoms with Gasteiger partial charge in [-0.1, -0.05) is 18.7 Å². The molecule has 0 saturated heterocycles. The summed E-state index contributed by atoms with van der Waals surface area (Å²) >= 11 is 0. The van der Waals surface area contributed by atoms with Crippen LogP contribution >= 0.6 is 0 Å². The second-order valence-corrected chi connectivity index (χ2v) is 3.21. The predicted octanol–water partition coefficient (Wildman–Crippen LogP) is 1.35. The fourth-order valence-electron chi connectivity index (χ4n) is 1.65. The molecule has 0 bridgehead atoms. The molecular weight excluding hydrogens is 165 g/mol. The molecule has 0 aromatic heterocycles. The fourth-order valence-corrected chi connectivity index (χ4v) is 1.65. The molecule has 3 atom stereocenters. The second kappa shape index (κ2) is 3.41. The molecule has 1 saturated carbocycles. The van der Waals surface area contributed by atoms with Crippen LogP contribution in [-0.4, -0.2) is 19.8 Å². The zero-order chi connectivity index (χ0) is 9.30. The number of esters is 1. The number of ether oxygens (including phenoxy) is 1. The lowest BCUT2D eigenvalue weighted by Gasteiger charge is -2.03. The van der Waals surface area contributed by atoms with Gasteiger partial charge in [-0.15, -0.1) is 0 Å². The molecule has 1 aliphatic rings. The van der Waals surface area contributed by atoms with E-state index in [2.05, 4.69) is 4.74 Å². The lowest BCUT2D eigenvalue weighted by molar-refractivity contribution is -0.145. The van der Waals surface area contributed by atoms with E-state index in [9.17, 15) is 13.4 Å². The minimum absolute atomic E-state index is 0.181. The van der Waals surface area contributed by atoms with Crippen molar-refractivity contribution in [2.75, 3.05) is 6.61 Å². The van der Waals surface area contributed by atoms with E-state index in [1.807, 2.05) is 0 Å². The normalized spacial score (nSPS) is 33.6. The van der Waals surface area contributed by atoms with Gasteiger partial charge in [0.15, 0.2) is 0 Å². The van der Waals surface area contributed by atoms with Crippen LogP contribution in [0.15, 0.2) is 0 Å². The summed E-state index contributed by atoms with van der Waals surface area (Å²) in [7, 11) is -3.14. The van der Waals surface area contributed by atoms with E-state index in [-0.39, 0.29) is 12.5 Å². The van der Waals surface area contributed by atoms with Crippen LogP contribution in [0.25, 0.3) is 0 Å². The molecule has 0 spiro atoms. The highest BCUT2D eigenvalue weighted by atomic mass is 19.2. The Hall–Kier alpha value is -0.605. The third-order valence-corrected chi connectivity index (χ3v) is 2.48. The quantitative estimate of drug-likeness (QED) is 0.480. The molecule has 1 aliphatic carbocycles. The Morgan fingerprint density at radius 1 is 1.58 bits per heavy atom. The summed E-state index contributed by atoms with van der Waals surface area (Å²) in [6.07, 6.45) is 0. The average Bonchev–Trinajstić information content (AvgIpc) is 2.62. The minimum Gasteiger partial charge on any atom is -0.481 e. The molecule has 0 radical (unpaired) electrons. The summed E-state index contributed by atoms with van der Waals surface area (Å²) in [5.74, 6) is -1.86. The van der Waals surface area contributed by atoms with Crippen LogP contribution in [0, 0.1) is 11.8 Å². The lowest BCUT2D eigenvalue weighted by Crippen LogP contribution is -2.09. The van der Waals surface area contributed by atoms with Gasteiger partial charge < -0.3 is 13.4 Å². The van der Waals surface area contributed by atoms with Gasteiger partial charge in [-0.3, -0.25) is 4.79 Å². The van der Waals surface area contributed by atoms with E-state index in [1.165, 1.54) is 0 Å². The number of halogens is 2. The van der Waals surface area contributed by atoms with Gasteiger partial charge in [-0.25, -0.2) is 0 Å². The molecule has 70 valence electrons. The van der Waals surface area contributed by atoms with Gasteiger partial charge in [0.05, 0.1) is 6.61 Å². The molecule has 1 rings (SSSR count). The van der Waals surface area contributed by atoms with Crippen LogP contribution in [0.2, 0.25) is 5.82 Å². The molecule has 2 nitrogen and oxygen atoms in total. The van der Waals surface area contributed by atoms with Crippen LogP contribution in [0.4, 0.5) is 8.63 Å². The first kappa shape index (κ1) is 9.48. The smallest absolute Gasteiger partial charge is 0.306 e. The SMILES string of the molecule is CCOC(=O)[C@@H]1C(C)[C@@H]1[BH-](F)F. The maximum absolute atomic E-state index is 12.2. The van der Waals surface area contributed by atoms with E-state index in [0.717, 1.165) is 0 Å². The number of carbonyl (C=O) groups is 1. The van der Waals surface area contributed by atoms with Crippen molar-refractivity contribution in [1.29, 1.82) is 0 Å². The van der Waals surface area contributed by atoms with Gasteiger partial charge in [0.1, 0.15) is 0 Å². The average molecular weight is 177 g/mol. The summed E-state index contributed by atoms with van der Waals surface area (Å²) in [5.41, 5.74) is 0. The van der Waals surface area contributed by atoms with Gasteiger partial charge in [0.25, 0.3) is 7.27 Å². The van der Waals surface area contributed by atoms with Crippen LogP contribution in [0.5, 0.6) is 0 Å². The van der Waals surface area contributed by atoms with E-state index in [4.69, 9.17) is 0 Å². The minimum atomic E-state index is -3.14. The summed E-state index contributed by atoms with van der Waals surface area (Å²) in [6, 6.07) is 0. The van der Waals surface area contributed by atoms with Gasteiger partial charge in [-0.05, 0) is 6.92 Å². The highest BCUT2D eigenvalue weighted by Crippen LogP contribution is 2.54. The largest absolute Gasteiger partial charge is 0.481 e. The number of rotatable bonds is 3. The molecule has 5 heteroatoms. The first-order valence-electron chi connectivity index (χ1n) is 4.21. The van der Waals surface area contributed by atoms with Crippen molar-refractivity contribution < 1.29 is 18.2 Å². The Kier molecular flexibility index (Phi) is 2.70. The Bertz CT molecular complexity index is 186. The van der Waals surface area contributed by atoms with E-state index in [1.54, 1.807) is 13.8 Å². The van der Waals surface area contributed by atoms with Crippen molar-refractivity contribution in [3.05, 3.63) is 0 Å². The molecule has 0 aromatic carbocycles. The molecule has 0 aromatic rings. The Balaban J connectivity index is 2.42. The van der Waals surface area contributed by atoms with Crippen molar-refractivity contribution in [2.45, 2.75) is 19.7 Å². The van der Waals surface area contributed by atoms with E-state index < -0.39 is 25.0 Å². The number of hydrogen-bond acceptors (Lipinski definition) is 2. The van der Waals surface area contributed by atoms with E-state index in [0.29, 0.717) is 0 Å². The molecular formula is C7H12BF2O2-. The van der Waals surface area contributed by atoms with Crippen molar-refractivity contribution >= 4 is 13.2 Å². The fraction of sp³-hybridized carbons (Fsp3) is 0.857. The molecule has 12 heavy (non-hydrogen) atoms. The predicted molar refractivity (Wildman–Crippen MR) is 42.4 cm³/mol. The zero-order valence-corrected chi connectivity index (χ0v) is 7.22. The zero-order valence-electron chi connectivity index (χ0n) is 7.22. The monoisotopic (exact) mass is 177 g/mol. The first-order valence-corrected chi connectivity index (χ1v) is 4.21. The standard InChI is InChI=1S/C7H12BF2O2/c1-3-12-7(11)5-4(2)6(5)8(9)10/h4-6,8H,3H2,1-2H3/q-1/t4?,5-,6+/m1/s1. The van der Waals surface area contributed by atoms with Gasteiger partial charge in [-0.2, -0.15) is 0 Å². The van der Waals surface area contributed by atoms with Gasteiger partial charge in [0.2, 0.25) is 0 Å². The molecule has 0 heterocycles. The van der Waals surface area contributed by atoms with Crippen LogP contribution in [0.3, 0.4) is 0 Å². The van der Waals surface area contributed by atoms with E-state index >= 15 is 0 Å². The van der Waals surface area contributed by atoms with Crippen molar-refractivity contribution in [1.82, 2.24) is 0 Å². The number of hydrogen-bond donors (Lipinski definition) is 0. The van der Waals surface area contributed by atoms with Gasteiger partial charge >= 0.3 is 5.97 Å².